The molecule has 4 rings (SSSR count). The second-order valence-corrected chi connectivity index (χ2v) is 6.89. The second kappa shape index (κ2) is 9.65. The number of carbonyl (C=O) groups excluding carboxylic acids is 1. The van der Waals surface area contributed by atoms with Crippen molar-refractivity contribution >= 4 is 17.3 Å². The highest BCUT2D eigenvalue weighted by atomic mass is 16.6. The minimum Gasteiger partial charge on any atom is -0.494 e. The lowest BCUT2D eigenvalue weighted by Gasteiger charge is -2.13. The molecule has 1 heterocycles. The Bertz CT molecular complexity index is 1270. The molecule has 0 spiro atoms. The van der Waals surface area contributed by atoms with Gasteiger partial charge in [0.05, 0.1) is 23.5 Å². The molecular formula is C24H20N4O5. The number of rotatable bonds is 8. The largest absolute Gasteiger partial charge is 0.494 e. The summed E-state index contributed by atoms with van der Waals surface area (Å²) in [6.07, 6.45) is 4.57. The minimum absolute atomic E-state index is 0.140. The van der Waals surface area contributed by atoms with E-state index in [1.165, 1.54) is 35.3 Å². The number of hydrogen-bond acceptors (Lipinski definition) is 6. The molecule has 4 aromatic rings. The van der Waals surface area contributed by atoms with Crippen molar-refractivity contribution < 1.29 is 19.2 Å². The highest BCUT2D eigenvalue weighted by Crippen LogP contribution is 2.31. The molecule has 3 aromatic carbocycles. The molecule has 0 atom stereocenters. The fraction of sp³-hybridized carbons (Fsp3) is 0.0833. The molecule has 0 saturated carbocycles. The number of para-hydroxylation sites is 2. The van der Waals surface area contributed by atoms with Crippen LogP contribution in [0.25, 0.3) is 5.69 Å². The maximum absolute atomic E-state index is 12.9. The molecule has 0 aliphatic heterocycles. The topological polar surface area (TPSA) is 109 Å². The van der Waals surface area contributed by atoms with E-state index in [0.717, 1.165) is 5.75 Å². The Morgan fingerprint density at radius 3 is 2.55 bits per heavy atom. The molecule has 1 amide bonds. The number of ether oxygens (including phenoxy) is 2. The van der Waals surface area contributed by atoms with Crippen LogP contribution in [0.3, 0.4) is 0 Å². The van der Waals surface area contributed by atoms with Crippen LogP contribution in [0.1, 0.15) is 17.3 Å². The van der Waals surface area contributed by atoms with E-state index in [2.05, 4.69) is 10.3 Å². The normalized spacial score (nSPS) is 10.5. The van der Waals surface area contributed by atoms with Gasteiger partial charge in [-0.1, -0.05) is 12.1 Å². The molecule has 0 bridgehead atoms. The second-order valence-electron chi connectivity index (χ2n) is 6.89. The lowest BCUT2D eigenvalue weighted by atomic mass is 10.1. The lowest BCUT2D eigenvalue weighted by molar-refractivity contribution is -0.384. The van der Waals surface area contributed by atoms with E-state index in [9.17, 15) is 14.9 Å². The average molecular weight is 444 g/mol. The van der Waals surface area contributed by atoms with Crippen LogP contribution in [0.4, 0.5) is 11.4 Å². The van der Waals surface area contributed by atoms with E-state index in [1.54, 1.807) is 54.7 Å². The standard InChI is InChI=1S/C24H20N4O5/c1-2-32-18-8-10-19(11-9-18)33-23-6-4-3-5-20(23)26-24(29)17-7-12-21(22(15-17)28(30)31)27-14-13-25-16-27/h3-16H,2H2,1H3,(H,26,29). The Morgan fingerprint density at radius 1 is 1.09 bits per heavy atom. The molecular weight excluding hydrogens is 424 g/mol. The maximum Gasteiger partial charge on any atom is 0.294 e. The summed E-state index contributed by atoms with van der Waals surface area (Å²) in [5, 5.41) is 14.4. The van der Waals surface area contributed by atoms with Crippen molar-refractivity contribution in [2.75, 3.05) is 11.9 Å². The van der Waals surface area contributed by atoms with Crippen molar-refractivity contribution in [1.29, 1.82) is 0 Å². The first-order valence-corrected chi connectivity index (χ1v) is 10.1. The number of anilines is 1. The Morgan fingerprint density at radius 2 is 1.85 bits per heavy atom. The number of aromatic nitrogens is 2. The third-order valence-corrected chi connectivity index (χ3v) is 4.71. The van der Waals surface area contributed by atoms with Gasteiger partial charge in [0.1, 0.15) is 17.2 Å². The van der Waals surface area contributed by atoms with Crippen molar-refractivity contribution in [1.82, 2.24) is 9.55 Å². The molecule has 0 unspecified atom stereocenters. The quantitative estimate of drug-likeness (QED) is 0.295. The Balaban J connectivity index is 1.55. The van der Waals surface area contributed by atoms with Crippen LogP contribution in [0.2, 0.25) is 0 Å². The Kier molecular flexibility index (Phi) is 6.31. The van der Waals surface area contributed by atoms with Gasteiger partial charge in [-0.3, -0.25) is 14.9 Å². The van der Waals surface area contributed by atoms with Gasteiger partial charge >= 0.3 is 0 Å². The number of nitrogens with one attached hydrogen (secondary N) is 1. The van der Waals surface area contributed by atoms with Gasteiger partial charge in [-0.2, -0.15) is 0 Å². The van der Waals surface area contributed by atoms with E-state index < -0.39 is 10.8 Å². The zero-order valence-corrected chi connectivity index (χ0v) is 17.7. The first kappa shape index (κ1) is 21.6. The molecule has 0 aliphatic carbocycles. The maximum atomic E-state index is 12.9. The molecule has 0 radical (unpaired) electrons. The van der Waals surface area contributed by atoms with E-state index in [1.807, 2.05) is 6.92 Å². The molecule has 0 saturated heterocycles. The van der Waals surface area contributed by atoms with Crippen molar-refractivity contribution in [3.8, 4) is 22.9 Å². The van der Waals surface area contributed by atoms with Gasteiger partial charge in [-0.25, -0.2) is 4.98 Å². The van der Waals surface area contributed by atoms with Crippen molar-refractivity contribution in [2.24, 2.45) is 0 Å². The number of nitro groups is 1. The minimum atomic E-state index is -0.533. The van der Waals surface area contributed by atoms with Gasteiger partial charge in [0.15, 0.2) is 5.75 Å². The van der Waals surface area contributed by atoms with E-state index in [0.29, 0.717) is 29.5 Å². The zero-order chi connectivity index (χ0) is 23.2. The van der Waals surface area contributed by atoms with E-state index in [-0.39, 0.29) is 11.3 Å². The number of amides is 1. The van der Waals surface area contributed by atoms with Gasteiger partial charge < -0.3 is 19.4 Å². The van der Waals surface area contributed by atoms with Crippen LogP contribution in [0.5, 0.6) is 17.2 Å². The summed E-state index contributed by atoms with van der Waals surface area (Å²) < 4.78 is 12.9. The number of nitro benzene ring substituents is 1. The van der Waals surface area contributed by atoms with Gasteiger partial charge in [0.2, 0.25) is 0 Å². The summed E-state index contributed by atoms with van der Waals surface area (Å²) in [4.78, 5) is 27.8. The predicted molar refractivity (Wildman–Crippen MR) is 122 cm³/mol. The molecule has 1 aromatic heterocycles. The fourth-order valence-corrected chi connectivity index (χ4v) is 3.18. The van der Waals surface area contributed by atoms with Gasteiger partial charge in [0, 0.05) is 24.0 Å². The molecule has 0 aliphatic rings. The molecule has 33 heavy (non-hydrogen) atoms. The third kappa shape index (κ3) is 4.99. The Hall–Kier alpha value is -4.66. The first-order valence-electron chi connectivity index (χ1n) is 10.1. The van der Waals surface area contributed by atoms with Crippen LogP contribution < -0.4 is 14.8 Å². The average Bonchev–Trinajstić information content (AvgIpc) is 3.36. The van der Waals surface area contributed by atoms with Gasteiger partial charge in [-0.15, -0.1) is 0 Å². The molecule has 9 nitrogen and oxygen atoms in total. The van der Waals surface area contributed by atoms with Gasteiger partial charge in [0.25, 0.3) is 11.6 Å². The number of hydrogen-bond donors (Lipinski definition) is 1. The highest BCUT2D eigenvalue weighted by molar-refractivity contribution is 6.05. The molecule has 166 valence electrons. The number of carbonyl (C=O) groups is 1. The van der Waals surface area contributed by atoms with Crippen LogP contribution >= 0.6 is 0 Å². The SMILES string of the molecule is CCOc1ccc(Oc2ccccc2NC(=O)c2ccc(-n3ccnc3)c([N+](=O)[O-])c2)cc1. The number of benzene rings is 3. The fourth-order valence-electron chi connectivity index (χ4n) is 3.18. The van der Waals surface area contributed by atoms with Crippen molar-refractivity contribution in [2.45, 2.75) is 6.92 Å². The summed E-state index contributed by atoms with van der Waals surface area (Å²) in [7, 11) is 0. The summed E-state index contributed by atoms with van der Waals surface area (Å²) in [6.45, 7) is 2.47. The van der Waals surface area contributed by atoms with Crippen molar-refractivity contribution in [3.05, 3.63) is 101 Å². The van der Waals surface area contributed by atoms with E-state index >= 15 is 0 Å². The summed E-state index contributed by atoms with van der Waals surface area (Å²) in [6, 6.07) is 18.3. The smallest absolute Gasteiger partial charge is 0.294 e. The third-order valence-electron chi connectivity index (χ3n) is 4.71. The van der Waals surface area contributed by atoms with Crippen LogP contribution in [-0.2, 0) is 0 Å². The summed E-state index contributed by atoms with van der Waals surface area (Å²) in [5.41, 5.74) is 0.673. The van der Waals surface area contributed by atoms with Crippen LogP contribution in [0.15, 0.2) is 85.5 Å². The monoisotopic (exact) mass is 444 g/mol. The Labute approximate surface area is 189 Å². The number of nitrogens with zero attached hydrogens (tertiary/aromatic N) is 3. The highest BCUT2D eigenvalue weighted by Gasteiger charge is 2.19. The van der Waals surface area contributed by atoms with Crippen LogP contribution in [0, 0.1) is 10.1 Å². The number of imidazole rings is 1. The predicted octanol–water partition coefficient (Wildman–Crippen LogP) is 5.22. The summed E-state index contributed by atoms with van der Waals surface area (Å²) >= 11 is 0. The lowest BCUT2D eigenvalue weighted by Crippen LogP contribution is -2.13. The summed E-state index contributed by atoms with van der Waals surface area (Å²) in [5.74, 6) is 1.23. The van der Waals surface area contributed by atoms with Crippen molar-refractivity contribution in [3.63, 3.8) is 0 Å². The first-order chi connectivity index (χ1) is 16.0. The molecule has 0 fully saturated rings. The van der Waals surface area contributed by atoms with Gasteiger partial charge in [-0.05, 0) is 55.5 Å². The molecule has 1 N–H and O–H groups in total. The van der Waals surface area contributed by atoms with E-state index in [4.69, 9.17) is 9.47 Å². The molecule has 9 heteroatoms. The van der Waals surface area contributed by atoms with Crippen LogP contribution in [-0.4, -0.2) is 27.0 Å². The zero-order valence-electron chi connectivity index (χ0n) is 17.7.